The molecule has 0 aliphatic carbocycles. The first kappa shape index (κ1) is 25.9. The van der Waals surface area contributed by atoms with Crippen LogP contribution in [-0.4, -0.2) is 23.2 Å². The van der Waals surface area contributed by atoms with Crippen molar-refractivity contribution in [3.8, 4) is 22.9 Å². The largest absolute Gasteiger partial charge is 0.494 e. The summed E-state index contributed by atoms with van der Waals surface area (Å²) in [6, 6.07) is 8.01. The highest BCUT2D eigenvalue weighted by Crippen LogP contribution is 2.21. The number of allylic oxidation sites excluding steroid dienone is 2. The first-order valence-corrected chi connectivity index (χ1v) is 12.7. The van der Waals surface area contributed by atoms with Crippen LogP contribution in [0.5, 0.6) is 11.5 Å². The second kappa shape index (κ2) is 17.2. The molecule has 32 heavy (non-hydrogen) atoms. The summed E-state index contributed by atoms with van der Waals surface area (Å²) in [6.45, 7) is 5.96. The quantitative estimate of drug-likeness (QED) is 0.174. The fourth-order valence-electron chi connectivity index (χ4n) is 3.42. The van der Waals surface area contributed by atoms with Crippen LogP contribution in [0.3, 0.4) is 0 Å². The van der Waals surface area contributed by atoms with E-state index < -0.39 is 0 Å². The third-order valence-electron chi connectivity index (χ3n) is 5.43. The van der Waals surface area contributed by atoms with Gasteiger partial charge in [-0.1, -0.05) is 70.9 Å². The van der Waals surface area contributed by atoms with E-state index in [1.807, 2.05) is 24.3 Å². The van der Waals surface area contributed by atoms with Crippen molar-refractivity contribution in [3.05, 3.63) is 48.8 Å². The third kappa shape index (κ3) is 11.3. The summed E-state index contributed by atoms with van der Waals surface area (Å²) in [5, 5.41) is 0. The van der Waals surface area contributed by atoms with Gasteiger partial charge < -0.3 is 9.47 Å². The number of benzene rings is 1. The fourth-order valence-corrected chi connectivity index (χ4v) is 3.42. The summed E-state index contributed by atoms with van der Waals surface area (Å²) < 4.78 is 11.6. The molecule has 0 radical (unpaired) electrons. The molecule has 1 aromatic heterocycles. The van der Waals surface area contributed by atoms with Crippen LogP contribution < -0.4 is 9.47 Å². The van der Waals surface area contributed by atoms with Gasteiger partial charge in [-0.05, 0) is 56.4 Å². The standard InChI is InChI=1S/C28H42N2O2/c1-3-5-7-9-11-12-14-15-21-31-26-19-17-25(18-20-26)28-29-23-27(24-30-28)32-22-16-13-10-8-6-4-2/h9,11,17-20,23-24H,3-8,10,12-16,21-22H2,1-2H3. The molecule has 176 valence electrons. The van der Waals surface area contributed by atoms with E-state index in [0.29, 0.717) is 5.82 Å². The Hall–Kier alpha value is -2.36. The van der Waals surface area contributed by atoms with Crippen molar-refractivity contribution in [2.24, 2.45) is 0 Å². The van der Waals surface area contributed by atoms with Gasteiger partial charge in [0.1, 0.15) is 5.75 Å². The van der Waals surface area contributed by atoms with Crippen LogP contribution >= 0.6 is 0 Å². The Morgan fingerprint density at radius 2 is 1.19 bits per heavy atom. The van der Waals surface area contributed by atoms with Crippen LogP contribution in [-0.2, 0) is 0 Å². The number of hydrogen-bond donors (Lipinski definition) is 0. The van der Waals surface area contributed by atoms with Crippen LogP contribution in [0.15, 0.2) is 48.8 Å². The molecule has 0 aliphatic heterocycles. The van der Waals surface area contributed by atoms with Gasteiger partial charge in [0.25, 0.3) is 0 Å². The van der Waals surface area contributed by atoms with Crippen molar-refractivity contribution in [1.82, 2.24) is 9.97 Å². The lowest BCUT2D eigenvalue weighted by Crippen LogP contribution is -1.99. The van der Waals surface area contributed by atoms with Gasteiger partial charge in [0.2, 0.25) is 0 Å². The predicted octanol–water partition coefficient (Wildman–Crippen LogP) is 8.18. The lowest BCUT2D eigenvalue weighted by molar-refractivity contribution is 0.302. The maximum atomic E-state index is 5.86. The Morgan fingerprint density at radius 1 is 0.625 bits per heavy atom. The van der Waals surface area contributed by atoms with E-state index in [4.69, 9.17) is 9.47 Å². The molecule has 0 amide bonds. The molecule has 1 heterocycles. The van der Waals surface area contributed by atoms with Gasteiger partial charge in [-0.3, -0.25) is 0 Å². The smallest absolute Gasteiger partial charge is 0.159 e. The summed E-state index contributed by atoms with van der Waals surface area (Å²) >= 11 is 0. The zero-order valence-corrected chi connectivity index (χ0v) is 20.2. The molecular weight excluding hydrogens is 396 g/mol. The molecule has 1 aromatic carbocycles. The van der Waals surface area contributed by atoms with Gasteiger partial charge in [0.05, 0.1) is 25.6 Å². The SMILES string of the molecule is CCCCC=CCCCCOc1ccc(-c2ncc(OCCCCCCCC)cn2)cc1. The molecule has 0 saturated heterocycles. The Kier molecular flexibility index (Phi) is 13.9. The van der Waals surface area contributed by atoms with Crippen LogP contribution in [0, 0.1) is 0 Å². The number of unbranched alkanes of at least 4 members (excludes halogenated alkanes) is 9. The van der Waals surface area contributed by atoms with Crippen LogP contribution in [0.2, 0.25) is 0 Å². The Morgan fingerprint density at radius 3 is 1.88 bits per heavy atom. The Balaban J connectivity index is 1.63. The number of rotatable bonds is 18. The van der Waals surface area contributed by atoms with E-state index >= 15 is 0 Å². The first-order chi connectivity index (χ1) is 15.8. The van der Waals surface area contributed by atoms with Crippen LogP contribution in [0.1, 0.15) is 90.9 Å². The molecule has 0 fully saturated rings. The topological polar surface area (TPSA) is 44.2 Å². The van der Waals surface area contributed by atoms with Crippen LogP contribution in [0.4, 0.5) is 0 Å². The molecule has 4 heteroatoms. The van der Waals surface area contributed by atoms with Crippen molar-refractivity contribution >= 4 is 0 Å². The maximum absolute atomic E-state index is 5.86. The minimum atomic E-state index is 0.707. The van der Waals surface area contributed by atoms with Crippen molar-refractivity contribution in [2.45, 2.75) is 90.9 Å². The molecule has 0 aliphatic rings. The molecule has 0 spiro atoms. The summed E-state index contributed by atoms with van der Waals surface area (Å²) in [5.41, 5.74) is 0.983. The average Bonchev–Trinajstić information content (AvgIpc) is 2.83. The number of nitrogens with zero attached hydrogens (tertiary/aromatic N) is 2. The second-order valence-corrected chi connectivity index (χ2v) is 8.34. The van der Waals surface area contributed by atoms with Gasteiger partial charge >= 0.3 is 0 Å². The van der Waals surface area contributed by atoms with E-state index in [-0.39, 0.29) is 0 Å². The van der Waals surface area contributed by atoms with Gasteiger partial charge in [0, 0.05) is 5.56 Å². The lowest BCUT2D eigenvalue weighted by atomic mass is 10.1. The molecule has 2 rings (SSSR count). The zero-order valence-electron chi connectivity index (χ0n) is 20.2. The minimum Gasteiger partial charge on any atom is -0.494 e. The van der Waals surface area contributed by atoms with E-state index in [1.165, 1.54) is 57.8 Å². The van der Waals surface area contributed by atoms with Gasteiger partial charge in [-0.25, -0.2) is 9.97 Å². The normalized spacial score (nSPS) is 11.2. The van der Waals surface area contributed by atoms with E-state index in [9.17, 15) is 0 Å². The summed E-state index contributed by atoms with van der Waals surface area (Å²) in [7, 11) is 0. The highest BCUT2D eigenvalue weighted by Gasteiger charge is 2.03. The monoisotopic (exact) mass is 438 g/mol. The zero-order chi connectivity index (χ0) is 22.7. The molecule has 0 N–H and O–H groups in total. The second-order valence-electron chi connectivity index (χ2n) is 8.34. The molecule has 2 aromatic rings. The number of hydrogen-bond acceptors (Lipinski definition) is 4. The van der Waals surface area contributed by atoms with Gasteiger partial charge in [-0.2, -0.15) is 0 Å². The molecule has 4 nitrogen and oxygen atoms in total. The Bertz CT molecular complexity index is 726. The van der Waals surface area contributed by atoms with Crippen LogP contribution in [0.25, 0.3) is 11.4 Å². The predicted molar refractivity (Wildman–Crippen MR) is 134 cm³/mol. The number of aromatic nitrogens is 2. The third-order valence-corrected chi connectivity index (χ3v) is 5.43. The minimum absolute atomic E-state index is 0.707. The Labute approximate surface area is 195 Å². The number of ether oxygens (including phenoxy) is 2. The van der Waals surface area contributed by atoms with E-state index in [0.717, 1.165) is 49.5 Å². The average molecular weight is 439 g/mol. The molecular formula is C28H42N2O2. The fraction of sp³-hybridized carbons (Fsp3) is 0.571. The first-order valence-electron chi connectivity index (χ1n) is 12.7. The highest BCUT2D eigenvalue weighted by atomic mass is 16.5. The van der Waals surface area contributed by atoms with E-state index in [2.05, 4.69) is 36.0 Å². The molecule has 0 bridgehead atoms. The van der Waals surface area contributed by atoms with Crippen molar-refractivity contribution < 1.29 is 9.47 Å². The molecule has 0 unspecified atom stereocenters. The maximum Gasteiger partial charge on any atom is 0.159 e. The summed E-state index contributed by atoms with van der Waals surface area (Å²) in [5.74, 6) is 2.34. The molecule has 0 saturated carbocycles. The van der Waals surface area contributed by atoms with E-state index in [1.54, 1.807) is 12.4 Å². The molecule has 0 atom stereocenters. The summed E-state index contributed by atoms with van der Waals surface area (Å²) in [4.78, 5) is 8.91. The van der Waals surface area contributed by atoms with Crippen molar-refractivity contribution in [1.29, 1.82) is 0 Å². The highest BCUT2D eigenvalue weighted by molar-refractivity contribution is 5.56. The lowest BCUT2D eigenvalue weighted by Gasteiger charge is -2.08. The summed E-state index contributed by atoms with van der Waals surface area (Å²) in [6.07, 6.45) is 22.8. The van der Waals surface area contributed by atoms with Gasteiger partial charge in [-0.15, -0.1) is 0 Å². The van der Waals surface area contributed by atoms with Crippen molar-refractivity contribution in [2.75, 3.05) is 13.2 Å². The van der Waals surface area contributed by atoms with Gasteiger partial charge in [0.15, 0.2) is 11.6 Å². The van der Waals surface area contributed by atoms with Crippen molar-refractivity contribution in [3.63, 3.8) is 0 Å².